The maximum Gasteiger partial charge on any atom is 0.227 e. The highest BCUT2D eigenvalue weighted by molar-refractivity contribution is 7.15. The van der Waals surface area contributed by atoms with Crippen molar-refractivity contribution in [2.75, 3.05) is 26.7 Å². The summed E-state index contributed by atoms with van der Waals surface area (Å²) in [5, 5.41) is 11.0. The number of likely N-dealkylation sites (tertiary alicyclic amines) is 1. The normalized spacial score (nSPS) is 16.9. The highest BCUT2D eigenvalue weighted by Gasteiger charge is 2.35. The van der Waals surface area contributed by atoms with Crippen molar-refractivity contribution in [3.8, 4) is 39.2 Å². The number of hydrogen-bond acceptors (Lipinski definition) is 7. The summed E-state index contributed by atoms with van der Waals surface area (Å²) < 4.78 is 6.31. The molecule has 0 radical (unpaired) electrons. The Morgan fingerprint density at radius 1 is 0.930 bits per heavy atom. The fourth-order valence-corrected chi connectivity index (χ4v) is 8.09. The third kappa shape index (κ3) is 4.78. The van der Waals surface area contributed by atoms with Crippen LogP contribution in [-0.4, -0.2) is 46.4 Å². The van der Waals surface area contributed by atoms with Crippen LogP contribution in [0.15, 0.2) is 52.9 Å². The Labute approximate surface area is 257 Å². The average molecular weight is 588 g/mol. The molecule has 43 heavy (non-hydrogen) atoms. The van der Waals surface area contributed by atoms with Gasteiger partial charge in [0.1, 0.15) is 16.6 Å². The molecule has 0 saturated carbocycles. The number of hydrogen-bond donors (Lipinski definition) is 0. The van der Waals surface area contributed by atoms with Crippen molar-refractivity contribution < 1.29 is 4.42 Å². The zero-order chi connectivity index (χ0) is 29.9. The van der Waals surface area contributed by atoms with Gasteiger partial charge < -0.3 is 4.42 Å². The smallest absolute Gasteiger partial charge is 0.227 e. The van der Waals surface area contributed by atoms with Crippen LogP contribution in [0.3, 0.4) is 0 Å². The molecular weight excluding hydrogens is 550 g/mol. The van der Waals surface area contributed by atoms with E-state index in [2.05, 4.69) is 93.1 Å². The maximum atomic E-state index is 9.94. The van der Waals surface area contributed by atoms with Crippen LogP contribution in [0.4, 0.5) is 0 Å². The minimum atomic E-state index is -0.0140. The number of benzene rings is 3. The topological polar surface area (TPSA) is 69.2 Å². The van der Waals surface area contributed by atoms with Gasteiger partial charge in [0.15, 0.2) is 5.58 Å². The van der Waals surface area contributed by atoms with Gasteiger partial charge in [0, 0.05) is 35.5 Å². The lowest BCUT2D eigenvalue weighted by atomic mass is 9.91. The molecule has 7 heteroatoms. The number of nitriles is 1. The van der Waals surface area contributed by atoms with Crippen LogP contribution in [0.5, 0.6) is 0 Å². The van der Waals surface area contributed by atoms with Gasteiger partial charge >= 0.3 is 0 Å². The Balaban J connectivity index is 1.27. The van der Waals surface area contributed by atoms with Gasteiger partial charge in [-0.05, 0) is 107 Å². The van der Waals surface area contributed by atoms with Gasteiger partial charge in [0.05, 0.1) is 16.8 Å². The molecule has 0 N–H and O–H groups in total. The highest BCUT2D eigenvalue weighted by Crippen LogP contribution is 2.43. The van der Waals surface area contributed by atoms with Crippen molar-refractivity contribution in [1.82, 2.24) is 19.8 Å². The zero-order valence-electron chi connectivity index (χ0n) is 25.6. The molecule has 1 saturated heterocycles. The first-order valence-corrected chi connectivity index (χ1v) is 16.0. The molecule has 5 aromatic rings. The summed E-state index contributed by atoms with van der Waals surface area (Å²) in [5.74, 6) is 0.553. The third-order valence-corrected chi connectivity index (χ3v) is 11.0. The van der Waals surface area contributed by atoms with Crippen molar-refractivity contribution >= 4 is 22.4 Å². The van der Waals surface area contributed by atoms with E-state index in [-0.39, 0.29) is 5.54 Å². The first-order valence-electron chi connectivity index (χ1n) is 15.2. The first kappa shape index (κ1) is 28.0. The van der Waals surface area contributed by atoms with Crippen LogP contribution in [-0.2, 0) is 18.5 Å². The quantitative estimate of drug-likeness (QED) is 0.207. The molecule has 0 bridgehead atoms. The van der Waals surface area contributed by atoms with Gasteiger partial charge in [0.25, 0.3) is 0 Å². The lowest BCUT2D eigenvalue weighted by Gasteiger charge is -2.38. The van der Waals surface area contributed by atoms with Crippen LogP contribution in [0, 0.1) is 25.2 Å². The number of thiazole rings is 1. The second kappa shape index (κ2) is 10.7. The van der Waals surface area contributed by atoms with E-state index in [1.807, 2.05) is 17.4 Å². The molecule has 0 unspecified atom stereocenters. The van der Waals surface area contributed by atoms with E-state index in [9.17, 15) is 5.26 Å². The summed E-state index contributed by atoms with van der Waals surface area (Å²) in [6.07, 6.45) is 3.46. The van der Waals surface area contributed by atoms with E-state index >= 15 is 0 Å². The lowest BCUT2D eigenvalue weighted by Crippen LogP contribution is -2.43. The summed E-state index contributed by atoms with van der Waals surface area (Å²) in [5.41, 5.74) is 11.0. The molecule has 218 valence electrons. The van der Waals surface area contributed by atoms with Crippen molar-refractivity contribution in [1.29, 1.82) is 5.26 Å². The SMILES string of the molecule is Cc1c(-c2nc3cc(CN4CCCC4)cc(C#N)c3o2)cccc1-c1cccc(-c2nc3c(s2)C(C)(C)N(C)CC3)c1C. The molecule has 0 spiro atoms. The van der Waals surface area contributed by atoms with Gasteiger partial charge in [-0.15, -0.1) is 11.3 Å². The van der Waals surface area contributed by atoms with E-state index in [1.54, 1.807) is 0 Å². The monoisotopic (exact) mass is 587 g/mol. The first-order chi connectivity index (χ1) is 20.7. The standard InChI is InChI=1S/C36H37N5OS/c1-22-26(27-11-9-13-29(23(27)2)35-39-30-14-17-40(5)36(3,4)33(30)43-35)10-8-12-28(22)34-38-31-19-24(21-41-15-6-7-16-41)18-25(20-37)32(31)42-34/h8-13,18-19H,6-7,14-17,21H2,1-5H3. The third-order valence-electron chi connectivity index (χ3n) is 9.59. The van der Waals surface area contributed by atoms with Crippen molar-refractivity contribution in [2.45, 2.75) is 59.0 Å². The van der Waals surface area contributed by atoms with Crippen molar-refractivity contribution in [2.24, 2.45) is 0 Å². The molecule has 3 aromatic carbocycles. The molecule has 6 nitrogen and oxygen atoms in total. The molecule has 7 rings (SSSR count). The number of nitrogens with zero attached hydrogens (tertiary/aromatic N) is 5. The number of likely N-dealkylation sites (N-methyl/N-ethyl adjacent to an activating group) is 1. The predicted molar refractivity (Wildman–Crippen MR) is 174 cm³/mol. The molecule has 2 aliphatic rings. The number of aromatic nitrogens is 2. The van der Waals surface area contributed by atoms with E-state index < -0.39 is 0 Å². The molecule has 0 atom stereocenters. The number of fused-ring (bicyclic) bond motifs is 2. The molecule has 0 amide bonds. The molecule has 1 fully saturated rings. The fraction of sp³-hybridized carbons (Fsp3) is 0.361. The molecule has 0 aliphatic carbocycles. The summed E-state index contributed by atoms with van der Waals surface area (Å²) in [6.45, 7) is 13.0. The summed E-state index contributed by atoms with van der Waals surface area (Å²) in [6, 6.07) is 19.2. The highest BCUT2D eigenvalue weighted by atomic mass is 32.1. The Morgan fingerprint density at radius 3 is 2.33 bits per heavy atom. The Kier molecular flexibility index (Phi) is 6.97. The van der Waals surface area contributed by atoms with Gasteiger partial charge in [-0.2, -0.15) is 5.26 Å². The van der Waals surface area contributed by atoms with Crippen LogP contribution in [0.2, 0.25) is 0 Å². The second-order valence-electron chi connectivity index (χ2n) is 12.6. The van der Waals surface area contributed by atoms with Crippen molar-refractivity contribution in [3.05, 3.63) is 81.4 Å². The lowest BCUT2D eigenvalue weighted by molar-refractivity contribution is 0.147. The van der Waals surface area contributed by atoms with Gasteiger partial charge in [0.2, 0.25) is 5.89 Å². The second-order valence-corrected chi connectivity index (χ2v) is 13.6. The minimum absolute atomic E-state index is 0.0140. The average Bonchev–Trinajstić information content (AvgIpc) is 3.76. The van der Waals surface area contributed by atoms with Crippen LogP contribution >= 0.6 is 11.3 Å². The van der Waals surface area contributed by atoms with E-state index in [1.165, 1.54) is 40.1 Å². The largest absolute Gasteiger partial charge is 0.435 e. The Bertz CT molecular complexity index is 1900. The van der Waals surface area contributed by atoms with Gasteiger partial charge in [-0.25, -0.2) is 9.97 Å². The van der Waals surface area contributed by atoms with Crippen LogP contribution in [0.1, 0.15) is 59.5 Å². The Morgan fingerprint density at radius 2 is 1.60 bits per heavy atom. The Hall–Kier alpha value is -3.83. The van der Waals surface area contributed by atoms with E-state index in [0.717, 1.165) is 65.4 Å². The number of oxazole rings is 1. The predicted octanol–water partition coefficient (Wildman–Crippen LogP) is 8.09. The van der Waals surface area contributed by atoms with Gasteiger partial charge in [-0.1, -0.05) is 30.3 Å². The van der Waals surface area contributed by atoms with E-state index in [0.29, 0.717) is 17.0 Å². The summed E-state index contributed by atoms with van der Waals surface area (Å²) in [7, 11) is 2.20. The van der Waals surface area contributed by atoms with Crippen LogP contribution < -0.4 is 0 Å². The maximum absolute atomic E-state index is 9.94. The summed E-state index contributed by atoms with van der Waals surface area (Å²) in [4.78, 5) is 16.3. The molecule has 2 aliphatic heterocycles. The van der Waals surface area contributed by atoms with Crippen LogP contribution in [0.25, 0.3) is 44.3 Å². The zero-order valence-corrected chi connectivity index (χ0v) is 26.4. The van der Waals surface area contributed by atoms with Gasteiger partial charge in [-0.3, -0.25) is 9.80 Å². The summed E-state index contributed by atoms with van der Waals surface area (Å²) >= 11 is 1.83. The van der Waals surface area contributed by atoms with Crippen molar-refractivity contribution in [3.63, 3.8) is 0 Å². The molecule has 2 aromatic heterocycles. The minimum Gasteiger partial charge on any atom is -0.435 e. The molecular formula is C36H37N5OS. The van der Waals surface area contributed by atoms with E-state index in [4.69, 9.17) is 14.4 Å². The fourth-order valence-electron chi connectivity index (χ4n) is 6.74. The molecule has 4 heterocycles. The number of rotatable bonds is 5.